The van der Waals surface area contributed by atoms with Crippen LogP contribution in [0.3, 0.4) is 0 Å². The summed E-state index contributed by atoms with van der Waals surface area (Å²) >= 11 is 12.1. The van der Waals surface area contributed by atoms with Gasteiger partial charge in [0.25, 0.3) is 0 Å². The molecule has 0 fully saturated rings. The first-order valence-electron chi connectivity index (χ1n) is 10.2. The second kappa shape index (κ2) is 11.0. The summed E-state index contributed by atoms with van der Waals surface area (Å²) in [6, 6.07) is 17.7. The monoisotopic (exact) mass is 519 g/mol. The molecule has 34 heavy (non-hydrogen) atoms. The molecule has 0 saturated carbocycles. The van der Waals surface area contributed by atoms with Gasteiger partial charge in [0.05, 0.1) is 27.9 Å². The van der Waals surface area contributed by atoms with Gasteiger partial charge >= 0.3 is 0 Å². The van der Waals surface area contributed by atoms with Gasteiger partial charge in [0.1, 0.15) is 0 Å². The van der Waals surface area contributed by atoms with E-state index in [0.29, 0.717) is 21.8 Å². The number of hydrogen-bond donors (Lipinski definition) is 2. The van der Waals surface area contributed by atoms with E-state index in [1.54, 1.807) is 54.6 Å². The molecule has 0 aliphatic carbocycles. The third-order valence-electron chi connectivity index (χ3n) is 4.94. The van der Waals surface area contributed by atoms with Crippen molar-refractivity contribution in [1.29, 1.82) is 0 Å². The molecule has 3 aromatic rings. The van der Waals surface area contributed by atoms with Gasteiger partial charge in [-0.25, -0.2) is 8.42 Å². The van der Waals surface area contributed by atoms with Gasteiger partial charge in [-0.3, -0.25) is 9.59 Å². The van der Waals surface area contributed by atoms with Crippen molar-refractivity contribution in [2.45, 2.75) is 24.8 Å². The molecule has 0 aromatic heterocycles. The molecule has 0 saturated heterocycles. The summed E-state index contributed by atoms with van der Waals surface area (Å²) in [5.74, 6) is -0.991. The Hall–Kier alpha value is -2.91. The summed E-state index contributed by atoms with van der Waals surface area (Å²) in [5.41, 5.74) is 7.84. The molecular formula is C24H23Cl2N3O4S. The van der Waals surface area contributed by atoms with Gasteiger partial charge in [-0.2, -0.15) is 4.31 Å². The molecule has 0 bridgehead atoms. The number of rotatable bonds is 9. The molecular weight excluding hydrogens is 497 g/mol. The molecule has 0 radical (unpaired) electrons. The van der Waals surface area contributed by atoms with Crippen molar-refractivity contribution in [2.24, 2.45) is 5.73 Å². The van der Waals surface area contributed by atoms with Gasteiger partial charge in [-0.1, -0.05) is 59.1 Å². The maximum Gasteiger partial charge on any atom is 0.243 e. The van der Waals surface area contributed by atoms with E-state index in [4.69, 9.17) is 28.9 Å². The van der Waals surface area contributed by atoms with Crippen molar-refractivity contribution in [3.63, 3.8) is 0 Å². The molecule has 2 amide bonds. The molecule has 10 heteroatoms. The van der Waals surface area contributed by atoms with Gasteiger partial charge in [0.15, 0.2) is 0 Å². The number of nitrogens with one attached hydrogen (secondary N) is 1. The lowest BCUT2D eigenvalue weighted by Crippen LogP contribution is -2.37. The van der Waals surface area contributed by atoms with Crippen LogP contribution in [0, 0.1) is 6.92 Å². The van der Waals surface area contributed by atoms with E-state index >= 15 is 0 Å². The number of benzene rings is 3. The van der Waals surface area contributed by atoms with Gasteiger partial charge in [0.2, 0.25) is 21.8 Å². The number of aryl methyl sites for hydroxylation is 1. The second-order valence-electron chi connectivity index (χ2n) is 7.72. The van der Waals surface area contributed by atoms with Crippen LogP contribution in [0.1, 0.15) is 16.7 Å². The van der Waals surface area contributed by atoms with Gasteiger partial charge < -0.3 is 11.1 Å². The van der Waals surface area contributed by atoms with Gasteiger partial charge in [-0.05, 0) is 54.4 Å². The third kappa shape index (κ3) is 6.80. The number of sulfonamides is 1. The predicted molar refractivity (Wildman–Crippen MR) is 133 cm³/mol. The summed E-state index contributed by atoms with van der Waals surface area (Å²) in [4.78, 5) is 23.9. The molecule has 3 N–H and O–H groups in total. The molecule has 0 heterocycles. The van der Waals surface area contributed by atoms with Crippen LogP contribution in [0.4, 0.5) is 5.69 Å². The van der Waals surface area contributed by atoms with E-state index in [9.17, 15) is 18.0 Å². The first-order valence-corrected chi connectivity index (χ1v) is 12.4. The van der Waals surface area contributed by atoms with Crippen molar-refractivity contribution >= 4 is 50.7 Å². The van der Waals surface area contributed by atoms with Crippen LogP contribution < -0.4 is 11.1 Å². The summed E-state index contributed by atoms with van der Waals surface area (Å²) < 4.78 is 27.8. The normalized spacial score (nSPS) is 11.4. The van der Waals surface area contributed by atoms with Crippen LogP contribution in [0.2, 0.25) is 10.0 Å². The first kappa shape index (κ1) is 25.7. The quantitative estimate of drug-likeness (QED) is 0.442. The molecule has 0 aliphatic rings. The number of amides is 2. The Morgan fingerprint density at radius 1 is 0.912 bits per heavy atom. The Morgan fingerprint density at radius 2 is 1.53 bits per heavy atom. The fraction of sp³-hybridized carbons (Fsp3) is 0.167. The highest BCUT2D eigenvalue weighted by Crippen LogP contribution is 2.25. The summed E-state index contributed by atoms with van der Waals surface area (Å²) in [6.07, 6.45) is 0.0838. The number of carbonyl (C=O) groups is 2. The highest BCUT2D eigenvalue weighted by molar-refractivity contribution is 7.89. The van der Waals surface area contributed by atoms with E-state index < -0.39 is 28.4 Å². The lowest BCUT2D eigenvalue weighted by molar-refractivity contribution is -0.117. The Kier molecular flexibility index (Phi) is 8.33. The average molecular weight is 520 g/mol. The SMILES string of the molecule is Cc1ccc(S(=O)(=O)N(CC(=O)Nc2ccc(CC(N)=O)cc2)Cc2ccc(Cl)c(Cl)c2)cc1. The molecule has 3 rings (SSSR count). The van der Waals surface area contributed by atoms with E-state index in [1.807, 2.05) is 6.92 Å². The van der Waals surface area contributed by atoms with Crippen LogP contribution >= 0.6 is 23.2 Å². The smallest absolute Gasteiger partial charge is 0.243 e. The number of primary amides is 1. The second-order valence-corrected chi connectivity index (χ2v) is 10.5. The Balaban J connectivity index is 1.83. The standard InChI is InChI=1S/C24H23Cl2N3O4S/c1-16-2-9-20(10-3-16)34(32,33)29(14-18-6-11-21(25)22(26)12-18)15-24(31)28-19-7-4-17(5-8-19)13-23(27)30/h2-12H,13-15H2,1H3,(H2,27,30)(H,28,31). The average Bonchev–Trinajstić information content (AvgIpc) is 2.77. The lowest BCUT2D eigenvalue weighted by atomic mass is 10.1. The lowest BCUT2D eigenvalue weighted by Gasteiger charge is -2.22. The third-order valence-corrected chi connectivity index (χ3v) is 7.48. The molecule has 0 spiro atoms. The zero-order valence-corrected chi connectivity index (χ0v) is 20.6. The maximum atomic E-state index is 13.4. The maximum absolute atomic E-state index is 13.4. The zero-order valence-electron chi connectivity index (χ0n) is 18.3. The Morgan fingerprint density at radius 3 is 2.12 bits per heavy atom. The first-order chi connectivity index (χ1) is 16.0. The topological polar surface area (TPSA) is 110 Å². The summed E-state index contributed by atoms with van der Waals surface area (Å²) in [5, 5.41) is 3.31. The molecule has 0 atom stereocenters. The van der Waals surface area contributed by atoms with Crippen LogP contribution in [-0.2, 0) is 32.6 Å². The molecule has 178 valence electrons. The Labute approximate surface area is 208 Å². The number of nitrogens with zero attached hydrogens (tertiary/aromatic N) is 1. The minimum atomic E-state index is -4.00. The van der Waals surface area contributed by atoms with E-state index in [1.165, 1.54) is 12.1 Å². The number of anilines is 1. The number of nitrogens with two attached hydrogens (primary N) is 1. The fourth-order valence-corrected chi connectivity index (χ4v) is 4.90. The van der Waals surface area contributed by atoms with E-state index in [2.05, 4.69) is 5.32 Å². The van der Waals surface area contributed by atoms with E-state index in [-0.39, 0.29) is 22.9 Å². The zero-order chi connectivity index (χ0) is 24.9. The predicted octanol–water partition coefficient (Wildman–Crippen LogP) is 4.16. The minimum Gasteiger partial charge on any atom is -0.369 e. The van der Waals surface area contributed by atoms with Crippen LogP contribution in [0.25, 0.3) is 0 Å². The van der Waals surface area contributed by atoms with Gasteiger partial charge in [-0.15, -0.1) is 0 Å². The largest absolute Gasteiger partial charge is 0.369 e. The van der Waals surface area contributed by atoms with Gasteiger partial charge in [0, 0.05) is 12.2 Å². The summed E-state index contributed by atoms with van der Waals surface area (Å²) in [6.45, 7) is 1.34. The molecule has 3 aromatic carbocycles. The Bertz CT molecular complexity index is 1290. The summed E-state index contributed by atoms with van der Waals surface area (Å²) in [7, 11) is -4.00. The fourth-order valence-electron chi connectivity index (χ4n) is 3.19. The van der Waals surface area contributed by atoms with Crippen molar-refractivity contribution in [3.05, 3.63) is 93.5 Å². The van der Waals surface area contributed by atoms with Crippen LogP contribution in [-0.4, -0.2) is 31.1 Å². The highest BCUT2D eigenvalue weighted by Gasteiger charge is 2.27. The molecule has 0 aliphatic heterocycles. The minimum absolute atomic E-state index is 0.0711. The highest BCUT2D eigenvalue weighted by atomic mass is 35.5. The van der Waals surface area contributed by atoms with Crippen molar-refractivity contribution in [2.75, 3.05) is 11.9 Å². The van der Waals surface area contributed by atoms with Crippen LogP contribution in [0.15, 0.2) is 71.6 Å². The van der Waals surface area contributed by atoms with Crippen LogP contribution in [0.5, 0.6) is 0 Å². The number of hydrogen-bond acceptors (Lipinski definition) is 4. The molecule has 0 unspecified atom stereocenters. The molecule has 7 nitrogen and oxygen atoms in total. The van der Waals surface area contributed by atoms with Crippen molar-refractivity contribution < 1.29 is 18.0 Å². The number of halogens is 2. The van der Waals surface area contributed by atoms with Crippen molar-refractivity contribution in [3.8, 4) is 0 Å². The van der Waals surface area contributed by atoms with Crippen molar-refractivity contribution in [1.82, 2.24) is 4.31 Å². The van der Waals surface area contributed by atoms with E-state index in [0.717, 1.165) is 9.87 Å². The number of carbonyl (C=O) groups excluding carboxylic acids is 2.